The van der Waals surface area contributed by atoms with Gasteiger partial charge in [-0.15, -0.1) is 0 Å². The second-order valence-electron chi connectivity index (χ2n) is 5.84. The van der Waals surface area contributed by atoms with Gasteiger partial charge in [-0.3, -0.25) is 9.59 Å². The van der Waals surface area contributed by atoms with Crippen LogP contribution in [0.1, 0.15) is 23.9 Å². The molecule has 0 bridgehead atoms. The zero-order valence-electron chi connectivity index (χ0n) is 15.9. The maximum absolute atomic E-state index is 12.0. The van der Waals surface area contributed by atoms with Crippen molar-refractivity contribution in [2.24, 2.45) is 0 Å². The van der Waals surface area contributed by atoms with Crippen molar-refractivity contribution in [3.05, 3.63) is 83.0 Å². The topological polar surface area (TPSA) is 110 Å². The van der Waals surface area contributed by atoms with Crippen molar-refractivity contribution < 1.29 is 9.84 Å². The largest absolute Gasteiger partial charge is 0.497 e. The summed E-state index contributed by atoms with van der Waals surface area (Å²) in [6, 6.07) is 10.9. The Bertz CT molecular complexity index is 1070. The number of hydrogen-bond donors (Lipinski definition) is 2. The third-order valence-corrected chi connectivity index (χ3v) is 4.97. The normalized spacial score (nSPS) is 10.2. The summed E-state index contributed by atoms with van der Waals surface area (Å²) >= 11 is 6.27. The molecule has 29 heavy (non-hydrogen) atoms. The van der Waals surface area contributed by atoms with Gasteiger partial charge in [-0.05, 0) is 68.1 Å². The lowest BCUT2D eigenvalue weighted by Crippen LogP contribution is -2.25. The molecule has 154 valence electrons. The van der Waals surface area contributed by atoms with Gasteiger partial charge in [-0.1, -0.05) is 19.1 Å². The zero-order chi connectivity index (χ0) is 21.4. The SMILES string of the molecule is CCc1cc(Br)c(=O)n(Cc2ccc(OC)cc2)n1.O=c1[nH]nc(CO)cc1Br. The molecule has 0 unspecified atom stereocenters. The average Bonchev–Trinajstić information content (AvgIpc) is 2.74. The molecule has 0 radical (unpaired) electrons. The summed E-state index contributed by atoms with van der Waals surface area (Å²) in [4.78, 5) is 22.6. The van der Waals surface area contributed by atoms with Gasteiger partial charge in [-0.25, -0.2) is 9.78 Å². The molecule has 0 saturated carbocycles. The highest BCUT2D eigenvalue weighted by molar-refractivity contribution is 9.10. The number of halogens is 2. The van der Waals surface area contributed by atoms with Crippen LogP contribution in [0.4, 0.5) is 0 Å². The summed E-state index contributed by atoms with van der Waals surface area (Å²) < 4.78 is 7.51. The summed E-state index contributed by atoms with van der Waals surface area (Å²) in [5.41, 5.74) is 1.92. The van der Waals surface area contributed by atoms with Crippen LogP contribution in [0, 0.1) is 0 Å². The first-order valence-corrected chi connectivity index (χ1v) is 10.2. The van der Waals surface area contributed by atoms with Crippen LogP contribution in [-0.2, 0) is 19.6 Å². The molecule has 2 heterocycles. The minimum Gasteiger partial charge on any atom is -0.497 e. The number of aliphatic hydroxyl groups excluding tert-OH is 1. The van der Waals surface area contributed by atoms with E-state index < -0.39 is 0 Å². The van der Waals surface area contributed by atoms with Crippen LogP contribution in [0.25, 0.3) is 0 Å². The third-order valence-electron chi connectivity index (χ3n) is 3.81. The lowest BCUT2D eigenvalue weighted by molar-refractivity contribution is 0.275. The lowest BCUT2D eigenvalue weighted by Gasteiger charge is -2.08. The molecule has 0 aliphatic carbocycles. The molecule has 0 aliphatic heterocycles. The van der Waals surface area contributed by atoms with Crippen molar-refractivity contribution in [1.29, 1.82) is 0 Å². The molecule has 3 aromatic rings. The highest BCUT2D eigenvalue weighted by Crippen LogP contribution is 2.12. The molecule has 1 aromatic carbocycles. The summed E-state index contributed by atoms with van der Waals surface area (Å²) in [5, 5.41) is 18.6. The fourth-order valence-electron chi connectivity index (χ4n) is 2.25. The quantitative estimate of drug-likeness (QED) is 0.527. The van der Waals surface area contributed by atoms with E-state index in [0.717, 1.165) is 23.4 Å². The van der Waals surface area contributed by atoms with Gasteiger partial charge in [0.2, 0.25) is 0 Å². The molecular weight excluding hydrogens is 508 g/mol. The number of rotatable bonds is 5. The van der Waals surface area contributed by atoms with Gasteiger partial charge in [-0.2, -0.15) is 10.2 Å². The Morgan fingerprint density at radius 1 is 1.10 bits per heavy atom. The van der Waals surface area contributed by atoms with Crippen molar-refractivity contribution in [3.8, 4) is 5.75 Å². The van der Waals surface area contributed by atoms with E-state index in [0.29, 0.717) is 21.2 Å². The van der Waals surface area contributed by atoms with Crippen LogP contribution >= 0.6 is 31.9 Å². The molecule has 0 fully saturated rings. The van der Waals surface area contributed by atoms with E-state index >= 15 is 0 Å². The van der Waals surface area contributed by atoms with Gasteiger partial charge < -0.3 is 9.84 Å². The van der Waals surface area contributed by atoms with Gasteiger partial charge in [0, 0.05) is 0 Å². The van der Waals surface area contributed by atoms with Gasteiger partial charge in [0.05, 0.1) is 40.6 Å². The number of aromatic nitrogens is 4. The van der Waals surface area contributed by atoms with Crippen LogP contribution < -0.4 is 15.9 Å². The number of aromatic amines is 1. The van der Waals surface area contributed by atoms with Crippen LogP contribution in [0.3, 0.4) is 0 Å². The number of hydrogen-bond acceptors (Lipinski definition) is 6. The summed E-state index contributed by atoms with van der Waals surface area (Å²) in [5.74, 6) is 0.799. The first-order valence-electron chi connectivity index (χ1n) is 8.62. The number of aryl methyl sites for hydroxylation is 1. The Labute approximate surface area is 183 Å². The number of methoxy groups -OCH3 is 1. The standard InChI is InChI=1S/C14H15BrN2O2.C5H5BrN2O2/c1-3-11-8-13(15)14(18)17(16-11)9-10-4-6-12(19-2)7-5-10;6-4-1-3(2-9)7-8-5(4)10/h4-8H,3,9H2,1-2H3;1,9H,2H2,(H,8,10). The predicted molar refractivity (Wildman–Crippen MR) is 116 cm³/mol. The summed E-state index contributed by atoms with van der Waals surface area (Å²) in [6.07, 6.45) is 0.793. The van der Waals surface area contributed by atoms with Crippen LogP contribution in [0.2, 0.25) is 0 Å². The molecule has 2 N–H and O–H groups in total. The number of aliphatic hydroxyl groups is 1. The van der Waals surface area contributed by atoms with Gasteiger partial charge >= 0.3 is 0 Å². The van der Waals surface area contributed by atoms with E-state index in [1.807, 2.05) is 31.2 Å². The molecule has 0 amide bonds. The molecule has 0 atom stereocenters. The zero-order valence-corrected chi connectivity index (χ0v) is 19.0. The van der Waals surface area contributed by atoms with E-state index in [1.165, 1.54) is 10.7 Å². The van der Waals surface area contributed by atoms with Crippen LogP contribution in [-0.4, -0.2) is 32.2 Å². The molecule has 8 nitrogen and oxygen atoms in total. The van der Waals surface area contributed by atoms with Crippen LogP contribution in [0.15, 0.2) is 54.9 Å². The number of nitrogens with zero attached hydrogens (tertiary/aromatic N) is 3. The second-order valence-corrected chi connectivity index (χ2v) is 7.55. The van der Waals surface area contributed by atoms with Gasteiger partial charge in [0.25, 0.3) is 11.1 Å². The number of H-pyrrole nitrogens is 1. The Hall–Kier alpha value is -2.30. The molecule has 0 spiro atoms. The smallest absolute Gasteiger partial charge is 0.281 e. The first-order chi connectivity index (χ1) is 13.9. The average molecular weight is 528 g/mol. The monoisotopic (exact) mass is 526 g/mol. The Morgan fingerprint density at radius 3 is 2.31 bits per heavy atom. The van der Waals surface area contributed by atoms with Crippen LogP contribution in [0.5, 0.6) is 5.75 Å². The molecule has 2 aromatic heterocycles. The van der Waals surface area contributed by atoms with Crippen molar-refractivity contribution >= 4 is 31.9 Å². The molecule has 0 aliphatic rings. The predicted octanol–water partition coefficient (Wildman–Crippen LogP) is 2.65. The van der Waals surface area contributed by atoms with E-state index in [1.54, 1.807) is 13.2 Å². The van der Waals surface area contributed by atoms with Crippen molar-refractivity contribution in [2.75, 3.05) is 7.11 Å². The highest BCUT2D eigenvalue weighted by atomic mass is 79.9. The second kappa shape index (κ2) is 11.0. The fraction of sp³-hybridized carbons (Fsp3) is 0.263. The molecule has 0 saturated heterocycles. The number of ether oxygens (including phenoxy) is 1. The fourth-order valence-corrected chi connectivity index (χ4v) is 3.07. The lowest BCUT2D eigenvalue weighted by atomic mass is 10.2. The maximum Gasteiger partial charge on any atom is 0.281 e. The Kier molecular flexibility index (Phi) is 8.74. The first kappa shape index (κ1) is 23.0. The van der Waals surface area contributed by atoms with Crippen molar-refractivity contribution in [1.82, 2.24) is 20.0 Å². The molecule has 10 heteroatoms. The Morgan fingerprint density at radius 2 is 1.76 bits per heavy atom. The summed E-state index contributed by atoms with van der Waals surface area (Å²) in [7, 11) is 1.63. The Balaban J connectivity index is 0.000000253. The minimum absolute atomic E-state index is 0.118. The van der Waals surface area contributed by atoms with Crippen molar-refractivity contribution in [3.63, 3.8) is 0 Å². The third kappa shape index (κ3) is 6.62. The number of nitrogens with one attached hydrogen (secondary N) is 1. The minimum atomic E-state index is -0.294. The van der Waals surface area contributed by atoms with E-state index in [-0.39, 0.29) is 17.7 Å². The highest BCUT2D eigenvalue weighted by Gasteiger charge is 2.06. The molecule has 3 rings (SSSR count). The van der Waals surface area contributed by atoms with E-state index in [9.17, 15) is 9.59 Å². The van der Waals surface area contributed by atoms with E-state index in [2.05, 4.69) is 47.2 Å². The molecular formula is C19H20Br2N4O4. The van der Waals surface area contributed by atoms with Crippen molar-refractivity contribution in [2.45, 2.75) is 26.5 Å². The van der Waals surface area contributed by atoms with Gasteiger partial charge in [0.1, 0.15) is 5.75 Å². The maximum atomic E-state index is 12.0. The summed E-state index contributed by atoms with van der Waals surface area (Å²) in [6.45, 7) is 2.29. The van der Waals surface area contributed by atoms with E-state index in [4.69, 9.17) is 9.84 Å². The van der Waals surface area contributed by atoms with Gasteiger partial charge in [0.15, 0.2) is 0 Å². The number of benzene rings is 1.